The molecule has 0 aromatic heterocycles. The molecule has 2 nitrogen and oxygen atoms in total. The predicted octanol–water partition coefficient (Wildman–Crippen LogP) is 3.15. The summed E-state index contributed by atoms with van der Waals surface area (Å²) in [7, 11) is 0. The van der Waals surface area contributed by atoms with E-state index in [1.807, 2.05) is 19.9 Å². The average Bonchev–Trinajstić information content (AvgIpc) is 2.34. The molecule has 0 aliphatic rings. The fraction of sp³-hybridized carbons (Fsp3) is 0.462. The number of thioether (sulfide) groups is 1. The van der Waals surface area contributed by atoms with Crippen molar-refractivity contribution in [1.82, 2.24) is 5.32 Å². The van der Waals surface area contributed by atoms with Gasteiger partial charge in [-0.1, -0.05) is 25.1 Å². The summed E-state index contributed by atoms with van der Waals surface area (Å²) in [6.45, 7) is 4.62. The Morgan fingerprint density at radius 1 is 1.47 bits per heavy atom. The molecule has 94 valence electrons. The third-order valence-electron chi connectivity index (χ3n) is 2.38. The molecule has 4 heteroatoms. The van der Waals surface area contributed by atoms with Gasteiger partial charge in [-0.2, -0.15) is 0 Å². The van der Waals surface area contributed by atoms with Crippen molar-refractivity contribution >= 4 is 17.7 Å². The molecule has 1 unspecified atom stereocenters. The van der Waals surface area contributed by atoms with E-state index in [1.165, 1.54) is 17.8 Å². The molecule has 0 heterocycles. The first-order valence-electron chi connectivity index (χ1n) is 5.78. The average molecular weight is 255 g/mol. The second kappa shape index (κ2) is 7.33. The summed E-state index contributed by atoms with van der Waals surface area (Å²) in [6.07, 6.45) is 0.930. The van der Waals surface area contributed by atoms with Crippen molar-refractivity contribution < 1.29 is 9.18 Å². The highest BCUT2D eigenvalue weighted by atomic mass is 32.2. The van der Waals surface area contributed by atoms with Crippen LogP contribution in [0.4, 0.5) is 4.39 Å². The summed E-state index contributed by atoms with van der Waals surface area (Å²) in [5.74, 6) is 0.177. The van der Waals surface area contributed by atoms with Crippen LogP contribution in [0, 0.1) is 5.82 Å². The zero-order valence-corrected chi connectivity index (χ0v) is 11.0. The topological polar surface area (TPSA) is 29.1 Å². The highest BCUT2D eigenvalue weighted by Crippen LogP contribution is 2.29. The Kier molecular flexibility index (Phi) is 6.05. The van der Waals surface area contributed by atoms with Crippen LogP contribution in [-0.2, 0) is 4.79 Å². The lowest BCUT2D eigenvalue weighted by atomic mass is 10.1. The maximum atomic E-state index is 13.5. The van der Waals surface area contributed by atoms with Gasteiger partial charge in [0, 0.05) is 17.4 Å². The van der Waals surface area contributed by atoms with E-state index in [0.29, 0.717) is 17.9 Å². The number of hydrogen-bond acceptors (Lipinski definition) is 2. The van der Waals surface area contributed by atoms with Crippen LogP contribution in [0.15, 0.2) is 24.3 Å². The van der Waals surface area contributed by atoms with Crippen molar-refractivity contribution in [3.63, 3.8) is 0 Å². The zero-order chi connectivity index (χ0) is 12.7. The third kappa shape index (κ3) is 4.77. The lowest BCUT2D eigenvalue weighted by molar-refractivity contribution is -0.118. The number of carbonyl (C=O) groups is 1. The Labute approximate surface area is 106 Å². The van der Waals surface area contributed by atoms with Gasteiger partial charge in [-0.15, -0.1) is 11.8 Å². The minimum atomic E-state index is -0.207. The third-order valence-corrected chi connectivity index (χ3v) is 3.56. The summed E-state index contributed by atoms with van der Waals surface area (Å²) in [6, 6.07) is 6.69. The number of benzene rings is 1. The lowest BCUT2D eigenvalue weighted by Gasteiger charge is -2.12. The predicted molar refractivity (Wildman–Crippen MR) is 70.6 cm³/mol. The first-order chi connectivity index (χ1) is 8.15. The molecule has 17 heavy (non-hydrogen) atoms. The molecular formula is C13H18FNOS. The molecular weight excluding hydrogens is 237 g/mol. The molecule has 0 saturated carbocycles. The van der Waals surface area contributed by atoms with Crippen LogP contribution in [0.3, 0.4) is 0 Å². The number of amides is 1. The van der Waals surface area contributed by atoms with Gasteiger partial charge in [0.15, 0.2) is 0 Å². The Bertz CT molecular complexity index is 370. The maximum Gasteiger partial charge on any atom is 0.230 e. The van der Waals surface area contributed by atoms with E-state index in [-0.39, 0.29) is 17.0 Å². The number of rotatable bonds is 6. The Morgan fingerprint density at radius 3 is 2.82 bits per heavy atom. The SMILES string of the molecule is CCCNC(=O)CSC(C)c1ccccc1F. The largest absolute Gasteiger partial charge is 0.355 e. The van der Waals surface area contributed by atoms with Crippen molar-refractivity contribution in [3.05, 3.63) is 35.6 Å². The second-order valence-corrected chi connectivity index (χ2v) is 5.15. The van der Waals surface area contributed by atoms with E-state index < -0.39 is 0 Å². The Balaban J connectivity index is 2.42. The summed E-state index contributed by atoms with van der Waals surface area (Å²) in [5, 5.41) is 2.79. The van der Waals surface area contributed by atoms with Gasteiger partial charge in [0.05, 0.1) is 5.75 Å². The molecule has 0 bridgehead atoms. The molecule has 1 N–H and O–H groups in total. The van der Waals surface area contributed by atoms with Crippen LogP contribution in [-0.4, -0.2) is 18.2 Å². The first-order valence-corrected chi connectivity index (χ1v) is 6.82. The fourth-order valence-electron chi connectivity index (χ4n) is 1.41. The van der Waals surface area contributed by atoms with Crippen LogP contribution >= 0.6 is 11.8 Å². The standard InChI is InChI=1S/C13H18FNOS/c1-3-8-15-13(16)9-17-10(2)11-6-4-5-7-12(11)14/h4-7,10H,3,8-9H2,1-2H3,(H,15,16). The van der Waals surface area contributed by atoms with Gasteiger partial charge in [-0.3, -0.25) is 4.79 Å². The van der Waals surface area contributed by atoms with Crippen LogP contribution in [0.2, 0.25) is 0 Å². The van der Waals surface area contributed by atoms with Crippen molar-refractivity contribution in [2.45, 2.75) is 25.5 Å². The van der Waals surface area contributed by atoms with Crippen LogP contribution in [0.5, 0.6) is 0 Å². The molecule has 1 aromatic carbocycles. The van der Waals surface area contributed by atoms with Crippen molar-refractivity contribution in [2.75, 3.05) is 12.3 Å². The monoisotopic (exact) mass is 255 g/mol. The van der Waals surface area contributed by atoms with Crippen LogP contribution < -0.4 is 5.32 Å². The van der Waals surface area contributed by atoms with Crippen molar-refractivity contribution in [2.24, 2.45) is 0 Å². The van der Waals surface area contributed by atoms with Gasteiger partial charge < -0.3 is 5.32 Å². The van der Waals surface area contributed by atoms with Crippen molar-refractivity contribution in [1.29, 1.82) is 0 Å². The number of halogens is 1. The normalized spacial score (nSPS) is 12.2. The number of carbonyl (C=O) groups excluding carboxylic acids is 1. The van der Waals surface area contributed by atoms with Gasteiger partial charge in [0.25, 0.3) is 0 Å². The molecule has 1 rings (SSSR count). The van der Waals surface area contributed by atoms with Gasteiger partial charge >= 0.3 is 0 Å². The first kappa shape index (κ1) is 14.0. The summed E-state index contributed by atoms with van der Waals surface area (Å²) in [5.41, 5.74) is 0.654. The van der Waals surface area contributed by atoms with E-state index in [4.69, 9.17) is 0 Å². The zero-order valence-electron chi connectivity index (χ0n) is 10.2. The second-order valence-electron chi connectivity index (χ2n) is 3.82. The summed E-state index contributed by atoms with van der Waals surface area (Å²) < 4.78 is 13.5. The minimum absolute atomic E-state index is 0.0106. The quantitative estimate of drug-likeness (QED) is 0.846. The molecule has 1 atom stereocenters. The molecule has 1 amide bonds. The van der Waals surface area contributed by atoms with Gasteiger partial charge in [0.1, 0.15) is 5.82 Å². The molecule has 0 saturated heterocycles. The van der Waals surface area contributed by atoms with Crippen molar-refractivity contribution in [3.8, 4) is 0 Å². The fourth-order valence-corrected chi connectivity index (χ4v) is 2.28. The molecule has 1 aromatic rings. The summed E-state index contributed by atoms with van der Waals surface area (Å²) >= 11 is 1.45. The molecule has 0 fully saturated rings. The number of nitrogens with one attached hydrogen (secondary N) is 1. The molecule has 0 radical (unpaired) electrons. The highest BCUT2D eigenvalue weighted by molar-refractivity contribution is 8.00. The molecule has 0 spiro atoms. The van der Waals surface area contributed by atoms with Gasteiger partial charge in [-0.25, -0.2) is 4.39 Å². The molecule has 0 aliphatic carbocycles. The van der Waals surface area contributed by atoms with E-state index in [2.05, 4.69) is 5.32 Å². The molecule has 0 aliphatic heterocycles. The van der Waals surface area contributed by atoms with Crippen LogP contribution in [0.1, 0.15) is 31.1 Å². The Morgan fingerprint density at radius 2 is 2.18 bits per heavy atom. The maximum absolute atomic E-state index is 13.5. The lowest BCUT2D eigenvalue weighted by Crippen LogP contribution is -2.25. The van der Waals surface area contributed by atoms with E-state index in [0.717, 1.165) is 6.42 Å². The number of hydrogen-bond donors (Lipinski definition) is 1. The minimum Gasteiger partial charge on any atom is -0.355 e. The van der Waals surface area contributed by atoms with Gasteiger partial charge in [0.2, 0.25) is 5.91 Å². The smallest absolute Gasteiger partial charge is 0.230 e. The highest BCUT2D eigenvalue weighted by Gasteiger charge is 2.12. The van der Waals surface area contributed by atoms with Crippen LogP contribution in [0.25, 0.3) is 0 Å². The van der Waals surface area contributed by atoms with E-state index >= 15 is 0 Å². The van der Waals surface area contributed by atoms with E-state index in [1.54, 1.807) is 12.1 Å². The van der Waals surface area contributed by atoms with Gasteiger partial charge in [-0.05, 0) is 19.4 Å². The summed E-state index contributed by atoms with van der Waals surface area (Å²) in [4.78, 5) is 11.4. The van der Waals surface area contributed by atoms with E-state index in [9.17, 15) is 9.18 Å². The Hall–Kier alpha value is -1.03.